The molecule has 0 bridgehead atoms. The van der Waals surface area contributed by atoms with Gasteiger partial charge in [-0.15, -0.1) is 11.3 Å². The van der Waals surface area contributed by atoms with Gasteiger partial charge in [-0.25, -0.2) is 9.50 Å². The van der Waals surface area contributed by atoms with E-state index in [9.17, 15) is 18.0 Å². The number of nitrogens with zero attached hydrogens (tertiary/aromatic N) is 5. The lowest BCUT2D eigenvalue weighted by atomic mass is 10.1. The first kappa shape index (κ1) is 19.7. The number of fused-ring (bicyclic) bond motifs is 1. The number of aryl methyl sites for hydroxylation is 1. The molecule has 1 amide bonds. The molecule has 0 spiro atoms. The van der Waals surface area contributed by atoms with Gasteiger partial charge < -0.3 is 9.42 Å². The zero-order chi connectivity index (χ0) is 21.8. The molecule has 11 heteroatoms. The van der Waals surface area contributed by atoms with E-state index in [1.807, 2.05) is 0 Å². The van der Waals surface area contributed by atoms with Crippen molar-refractivity contribution in [3.8, 4) is 10.6 Å². The van der Waals surface area contributed by atoms with E-state index in [1.165, 1.54) is 17.4 Å². The molecule has 7 nitrogen and oxygen atoms in total. The van der Waals surface area contributed by atoms with Crippen LogP contribution in [0.25, 0.3) is 16.2 Å². The lowest BCUT2D eigenvalue weighted by Gasteiger charge is -2.21. The zero-order valence-corrected chi connectivity index (χ0v) is 17.1. The quantitative estimate of drug-likeness (QED) is 0.453. The first-order valence-corrected chi connectivity index (χ1v) is 10.5. The standard InChI is InChI=1S/C20H16F3N5O2S/c1-11-8-15(30-26-11)14-4-2-6-27(14)19(29)13-10-18-24-12(16-5-3-7-31-16)9-17(20(21,22)23)28(18)25-13/h3,5,7-10,14H,2,4,6H2,1H3/t14-/m1/s1. The van der Waals surface area contributed by atoms with Crippen molar-refractivity contribution in [2.75, 3.05) is 6.54 Å². The maximum absolute atomic E-state index is 13.7. The molecule has 0 radical (unpaired) electrons. The minimum absolute atomic E-state index is 0.0344. The molecule has 0 N–H and O–H groups in total. The van der Waals surface area contributed by atoms with Gasteiger partial charge in [0.1, 0.15) is 0 Å². The largest absolute Gasteiger partial charge is 0.433 e. The van der Waals surface area contributed by atoms with Crippen LogP contribution in [0.4, 0.5) is 13.2 Å². The average Bonchev–Trinajstić information content (AvgIpc) is 3.51. The molecule has 5 heterocycles. The van der Waals surface area contributed by atoms with Crippen LogP contribution in [-0.2, 0) is 6.18 Å². The number of carbonyl (C=O) groups is 1. The molecule has 1 atom stereocenters. The number of aromatic nitrogens is 4. The topological polar surface area (TPSA) is 76.5 Å². The van der Waals surface area contributed by atoms with Gasteiger partial charge in [-0.2, -0.15) is 18.3 Å². The Hall–Kier alpha value is -3.21. The Kier molecular flexibility index (Phi) is 4.58. The van der Waals surface area contributed by atoms with E-state index in [0.717, 1.165) is 12.5 Å². The van der Waals surface area contributed by atoms with E-state index in [1.54, 1.807) is 35.4 Å². The van der Waals surface area contributed by atoms with Crippen molar-refractivity contribution in [2.24, 2.45) is 0 Å². The van der Waals surface area contributed by atoms with Crippen molar-refractivity contribution in [1.29, 1.82) is 0 Å². The molecule has 0 unspecified atom stereocenters. The van der Waals surface area contributed by atoms with Gasteiger partial charge in [-0.1, -0.05) is 11.2 Å². The van der Waals surface area contributed by atoms with Crippen LogP contribution in [0.1, 0.15) is 46.5 Å². The van der Waals surface area contributed by atoms with E-state index in [0.29, 0.717) is 33.8 Å². The summed E-state index contributed by atoms with van der Waals surface area (Å²) in [4.78, 5) is 19.6. The summed E-state index contributed by atoms with van der Waals surface area (Å²) < 4.78 is 47.2. The fourth-order valence-electron chi connectivity index (χ4n) is 3.82. The molecular formula is C20H16F3N5O2S. The number of hydrogen-bond donors (Lipinski definition) is 0. The summed E-state index contributed by atoms with van der Waals surface area (Å²) in [6.45, 7) is 2.24. The molecule has 160 valence electrons. The molecule has 31 heavy (non-hydrogen) atoms. The van der Waals surface area contributed by atoms with Crippen molar-refractivity contribution in [3.63, 3.8) is 0 Å². The molecular weight excluding hydrogens is 431 g/mol. The van der Waals surface area contributed by atoms with Gasteiger partial charge >= 0.3 is 6.18 Å². The Bertz CT molecular complexity index is 1260. The molecule has 0 aliphatic carbocycles. The number of thiophene rings is 1. The normalized spacial score (nSPS) is 17.0. The van der Waals surface area contributed by atoms with Crippen LogP contribution in [0.5, 0.6) is 0 Å². The molecule has 5 rings (SSSR count). The second-order valence-corrected chi connectivity index (χ2v) is 8.28. The number of likely N-dealkylation sites (tertiary alicyclic amines) is 1. The van der Waals surface area contributed by atoms with Gasteiger partial charge in [-0.3, -0.25) is 4.79 Å². The first-order chi connectivity index (χ1) is 14.8. The fraction of sp³-hybridized carbons (Fsp3) is 0.300. The van der Waals surface area contributed by atoms with Gasteiger partial charge in [0.25, 0.3) is 5.91 Å². The summed E-state index contributed by atoms with van der Waals surface area (Å²) in [5.74, 6) is 0.0917. The van der Waals surface area contributed by atoms with E-state index >= 15 is 0 Å². The van der Waals surface area contributed by atoms with E-state index < -0.39 is 17.8 Å². The van der Waals surface area contributed by atoms with Crippen LogP contribution in [0.3, 0.4) is 0 Å². The lowest BCUT2D eigenvalue weighted by Crippen LogP contribution is -2.30. The molecule has 4 aromatic rings. The summed E-state index contributed by atoms with van der Waals surface area (Å²) in [5, 5.41) is 9.61. The molecule has 0 saturated carbocycles. The van der Waals surface area contributed by atoms with Gasteiger partial charge in [-0.05, 0) is 37.3 Å². The number of halogens is 3. The lowest BCUT2D eigenvalue weighted by molar-refractivity contribution is -0.142. The van der Waals surface area contributed by atoms with Crippen molar-refractivity contribution in [3.05, 3.63) is 58.6 Å². The van der Waals surface area contributed by atoms with Gasteiger partial charge in [0, 0.05) is 18.7 Å². The molecule has 1 aliphatic rings. The Morgan fingerprint density at radius 1 is 1.29 bits per heavy atom. The summed E-state index contributed by atoms with van der Waals surface area (Å²) in [7, 11) is 0. The molecule has 1 aliphatic heterocycles. The van der Waals surface area contributed by atoms with Gasteiger partial charge in [0.05, 0.1) is 22.3 Å². The highest BCUT2D eigenvalue weighted by molar-refractivity contribution is 7.13. The number of hydrogen-bond acceptors (Lipinski definition) is 6. The van der Waals surface area contributed by atoms with E-state index in [-0.39, 0.29) is 23.1 Å². The Morgan fingerprint density at radius 2 is 2.13 bits per heavy atom. The van der Waals surface area contributed by atoms with Gasteiger partial charge in [0.2, 0.25) is 0 Å². The van der Waals surface area contributed by atoms with Gasteiger partial charge in [0.15, 0.2) is 22.8 Å². The van der Waals surface area contributed by atoms with Crippen LogP contribution in [0.2, 0.25) is 0 Å². The molecule has 0 aromatic carbocycles. The van der Waals surface area contributed by atoms with Crippen LogP contribution in [-0.4, -0.2) is 37.1 Å². The van der Waals surface area contributed by atoms with Crippen molar-refractivity contribution < 1.29 is 22.5 Å². The van der Waals surface area contributed by atoms with Crippen molar-refractivity contribution >= 4 is 22.9 Å². The maximum atomic E-state index is 13.7. The van der Waals surface area contributed by atoms with E-state index in [4.69, 9.17) is 4.52 Å². The number of alkyl halides is 3. The second-order valence-electron chi connectivity index (χ2n) is 7.33. The zero-order valence-electron chi connectivity index (χ0n) is 16.3. The van der Waals surface area contributed by atoms with Crippen LogP contribution >= 0.6 is 11.3 Å². The van der Waals surface area contributed by atoms with Crippen LogP contribution < -0.4 is 0 Å². The predicted octanol–water partition coefficient (Wildman–Crippen LogP) is 4.75. The monoisotopic (exact) mass is 447 g/mol. The smallest absolute Gasteiger partial charge is 0.359 e. The highest BCUT2D eigenvalue weighted by Gasteiger charge is 2.37. The number of rotatable bonds is 3. The van der Waals surface area contributed by atoms with Crippen LogP contribution in [0, 0.1) is 6.92 Å². The minimum Gasteiger partial charge on any atom is -0.359 e. The summed E-state index contributed by atoms with van der Waals surface area (Å²) in [5.41, 5.74) is -0.229. The summed E-state index contributed by atoms with van der Waals surface area (Å²) in [6.07, 6.45) is -3.23. The predicted molar refractivity (Wildman–Crippen MR) is 106 cm³/mol. The molecule has 1 saturated heterocycles. The highest BCUT2D eigenvalue weighted by atomic mass is 32.1. The third-order valence-electron chi connectivity index (χ3n) is 5.20. The summed E-state index contributed by atoms with van der Waals surface area (Å²) >= 11 is 1.29. The van der Waals surface area contributed by atoms with Crippen molar-refractivity contribution in [2.45, 2.75) is 32.0 Å². The van der Waals surface area contributed by atoms with Crippen LogP contribution in [0.15, 0.2) is 40.2 Å². The summed E-state index contributed by atoms with van der Waals surface area (Å²) in [6, 6.07) is 7.13. The van der Waals surface area contributed by atoms with E-state index in [2.05, 4.69) is 15.2 Å². The Balaban J connectivity index is 1.57. The maximum Gasteiger partial charge on any atom is 0.433 e. The third kappa shape index (κ3) is 3.48. The third-order valence-corrected chi connectivity index (χ3v) is 6.09. The van der Waals surface area contributed by atoms with Crippen molar-refractivity contribution in [1.82, 2.24) is 24.7 Å². The first-order valence-electron chi connectivity index (χ1n) is 9.57. The molecule has 4 aromatic heterocycles. The minimum atomic E-state index is -4.66. The fourth-order valence-corrected chi connectivity index (χ4v) is 4.51. The highest BCUT2D eigenvalue weighted by Crippen LogP contribution is 2.35. The SMILES string of the molecule is Cc1cc([C@H]2CCCN2C(=O)c2cc3nc(-c4cccs4)cc(C(F)(F)F)n3n2)on1. The number of amides is 1. The Morgan fingerprint density at radius 3 is 2.81 bits per heavy atom. The molecule has 1 fully saturated rings. The second kappa shape index (κ2) is 7.19. The average molecular weight is 447 g/mol. The number of carbonyl (C=O) groups excluding carboxylic acids is 1. The Labute approximate surface area is 178 Å².